The van der Waals surface area contributed by atoms with Gasteiger partial charge in [0.05, 0.1) is 11.3 Å². The number of hydrogen-bond acceptors (Lipinski definition) is 4. The van der Waals surface area contributed by atoms with Gasteiger partial charge in [-0.15, -0.1) is 0 Å². The van der Waals surface area contributed by atoms with E-state index in [2.05, 4.69) is 59.7 Å². The van der Waals surface area contributed by atoms with Crippen molar-refractivity contribution in [2.75, 3.05) is 0 Å². The zero-order valence-corrected chi connectivity index (χ0v) is 18.9. The molecule has 0 bridgehead atoms. The summed E-state index contributed by atoms with van der Waals surface area (Å²) in [6, 6.07) is 8.31. The highest BCUT2D eigenvalue weighted by Gasteiger charge is 2.36. The van der Waals surface area contributed by atoms with Crippen LogP contribution in [0.5, 0.6) is 0 Å². The van der Waals surface area contributed by atoms with Crippen LogP contribution < -0.4 is 0 Å². The molecule has 6 nitrogen and oxygen atoms in total. The van der Waals surface area contributed by atoms with Crippen LogP contribution in [0.1, 0.15) is 41.9 Å². The van der Waals surface area contributed by atoms with Crippen LogP contribution >= 0.6 is 11.8 Å². The Hall–Kier alpha value is -2.93. The summed E-state index contributed by atoms with van der Waals surface area (Å²) in [5, 5.41) is 15.9. The molecule has 1 aromatic carbocycles. The molecule has 1 N–H and O–H groups in total. The van der Waals surface area contributed by atoms with E-state index in [1.165, 1.54) is 27.9 Å². The number of carbonyl (C=O) groups is 1. The first-order chi connectivity index (χ1) is 14.2. The molecule has 0 atom stereocenters. The van der Waals surface area contributed by atoms with Crippen molar-refractivity contribution >= 4 is 39.8 Å². The highest BCUT2D eigenvalue weighted by Crippen LogP contribution is 2.32. The number of nitrogens with one attached hydrogen (secondary N) is 1. The Labute approximate surface area is 180 Å². The lowest BCUT2D eigenvalue weighted by atomic mass is 10.1. The van der Waals surface area contributed by atoms with Gasteiger partial charge in [-0.1, -0.05) is 32.0 Å². The molecule has 1 aromatic heterocycles. The van der Waals surface area contributed by atoms with E-state index in [-0.39, 0.29) is 17.3 Å². The van der Waals surface area contributed by atoms with Crippen LogP contribution in [0.25, 0.3) is 11.8 Å². The predicted molar refractivity (Wildman–Crippen MR) is 125 cm³/mol. The second kappa shape index (κ2) is 7.40. The molecule has 0 fully saturated rings. The molecule has 2 aliphatic rings. The van der Waals surface area contributed by atoms with E-state index >= 15 is 0 Å². The molecule has 154 valence electrons. The number of carbonyl (C=O) groups excluding carboxylic acids is 1. The molecule has 1 amide bonds. The number of aryl methyl sites for hydroxylation is 3. The minimum Gasteiger partial charge on any atom is -0.317 e. The second-order valence-electron chi connectivity index (χ2n) is 8.02. The van der Waals surface area contributed by atoms with Gasteiger partial charge in [0.1, 0.15) is 5.04 Å². The molecule has 4 rings (SSSR count). The van der Waals surface area contributed by atoms with Crippen LogP contribution in [0.3, 0.4) is 0 Å². The fourth-order valence-corrected chi connectivity index (χ4v) is 4.72. The topological polar surface area (TPSA) is 73.8 Å². The van der Waals surface area contributed by atoms with E-state index in [0.717, 1.165) is 27.7 Å². The summed E-state index contributed by atoms with van der Waals surface area (Å²) in [5.41, 5.74) is 6.80. The number of aliphatic imine (C=N–C) groups is 1. The molecule has 0 spiro atoms. The van der Waals surface area contributed by atoms with Crippen molar-refractivity contribution in [3.8, 4) is 5.69 Å². The lowest BCUT2D eigenvalue weighted by Gasteiger charge is -2.20. The Morgan fingerprint density at radius 2 is 1.80 bits per heavy atom. The average Bonchev–Trinajstić information content (AvgIpc) is 3.21. The zero-order chi connectivity index (χ0) is 21.7. The molecule has 2 aromatic rings. The number of fused-ring (bicyclic) bond motifs is 1. The van der Waals surface area contributed by atoms with Crippen LogP contribution in [0, 0.1) is 39.0 Å². The average molecular weight is 420 g/mol. The number of aromatic nitrogens is 1. The quantitative estimate of drug-likeness (QED) is 0.713. The van der Waals surface area contributed by atoms with E-state index in [1.807, 2.05) is 20.8 Å². The first-order valence-electron chi connectivity index (χ1n) is 9.94. The van der Waals surface area contributed by atoms with Crippen LogP contribution in [-0.2, 0) is 4.79 Å². The van der Waals surface area contributed by atoms with Crippen LogP contribution in [0.15, 0.2) is 39.9 Å². The number of thioether (sulfide) groups is 1. The summed E-state index contributed by atoms with van der Waals surface area (Å²) in [5.74, 6) is -0.101. The van der Waals surface area contributed by atoms with E-state index in [1.54, 1.807) is 6.08 Å². The Bertz CT molecular complexity index is 1160. The van der Waals surface area contributed by atoms with Crippen LogP contribution in [0.4, 0.5) is 0 Å². The molecular weight excluding hydrogens is 394 g/mol. The maximum Gasteiger partial charge on any atom is 0.283 e. The third-order valence-electron chi connectivity index (χ3n) is 5.40. The monoisotopic (exact) mass is 419 g/mol. The SMILES string of the molecule is Cc1cccc(C)c1-n1c(C)cc(C=C2C(=N)N3N=C(C(C)C)SC3=NC2=O)c1C. The largest absolute Gasteiger partial charge is 0.317 e. The lowest BCUT2D eigenvalue weighted by Crippen LogP contribution is -2.35. The second-order valence-corrected chi connectivity index (χ2v) is 9.00. The Morgan fingerprint density at radius 1 is 1.13 bits per heavy atom. The maximum absolute atomic E-state index is 12.7. The first-order valence-corrected chi connectivity index (χ1v) is 10.8. The summed E-state index contributed by atoms with van der Waals surface area (Å²) >= 11 is 1.36. The number of hydrogen-bond donors (Lipinski definition) is 1. The molecule has 0 radical (unpaired) electrons. The van der Waals surface area contributed by atoms with Gasteiger partial charge in [0.2, 0.25) is 5.17 Å². The molecular formula is C23H25N5OS. The predicted octanol–water partition coefficient (Wildman–Crippen LogP) is 4.99. The first kappa shape index (κ1) is 20.3. The van der Waals surface area contributed by atoms with Gasteiger partial charge in [-0.2, -0.15) is 15.1 Å². The zero-order valence-electron chi connectivity index (χ0n) is 18.1. The minimum atomic E-state index is -0.393. The van der Waals surface area contributed by atoms with Crippen molar-refractivity contribution in [1.82, 2.24) is 9.58 Å². The number of amides is 1. The number of para-hydroxylation sites is 1. The van der Waals surface area contributed by atoms with Gasteiger partial charge in [0, 0.05) is 17.3 Å². The van der Waals surface area contributed by atoms with Crippen LogP contribution in [0.2, 0.25) is 0 Å². The van der Waals surface area contributed by atoms with Crippen molar-refractivity contribution in [1.29, 1.82) is 5.41 Å². The normalized spacial score (nSPS) is 17.7. The van der Waals surface area contributed by atoms with E-state index < -0.39 is 5.91 Å². The van der Waals surface area contributed by atoms with Gasteiger partial charge in [-0.3, -0.25) is 10.2 Å². The highest BCUT2D eigenvalue weighted by atomic mass is 32.2. The molecule has 0 unspecified atom stereocenters. The number of hydrazone groups is 1. The van der Waals surface area contributed by atoms with Crippen molar-refractivity contribution in [2.24, 2.45) is 16.0 Å². The summed E-state index contributed by atoms with van der Waals surface area (Å²) in [6.07, 6.45) is 1.77. The number of amidine groups is 2. The van der Waals surface area contributed by atoms with Crippen molar-refractivity contribution in [3.63, 3.8) is 0 Å². The van der Waals surface area contributed by atoms with Crippen molar-refractivity contribution in [3.05, 3.63) is 57.9 Å². The van der Waals surface area contributed by atoms with Gasteiger partial charge >= 0.3 is 0 Å². The standard InChI is InChI=1S/C23H25N5OS/c1-12(2)22-26-28-20(24)18(21(29)25-23(28)30-22)11-17-10-15(5)27(16(17)6)19-13(3)8-7-9-14(19)4/h7-12,24H,1-6H3. The van der Waals surface area contributed by atoms with Crippen LogP contribution in [-0.4, -0.2) is 31.5 Å². The molecule has 0 saturated carbocycles. The van der Waals surface area contributed by atoms with Gasteiger partial charge < -0.3 is 4.57 Å². The van der Waals surface area contributed by atoms with Gasteiger partial charge in [0.15, 0.2) is 5.84 Å². The van der Waals surface area contributed by atoms with Gasteiger partial charge in [0.25, 0.3) is 5.91 Å². The molecule has 3 heterocycles. The van der Waals surface area contributed by atoms with E-state index in [4.69, 9.17) is 5.41 Å². The number of benzene rings is 1. The Morgan fingerprint density at radius 3 is 2.43 bits per heavy atom. The van der Waals surface area contributed by atoms with Gasteiger partial charge in [-0.05, 0) is 68.3 Å². The molecule has 0 saturated heterocycles. The van der Waals surface area contributed by atoms with E-state index in [0.29, 0.717) is 5.17 Å². The highest BCUT2D eigenvalue weighted by molar-refractivity contribution is 8.27. The van der Waals surface area contributed by atoms with Gasteiger partial charge in [-0.25, -0.2) is 0 Å². The third-order valence-corrected chi connectivity index (χ3v) is 6.61. The molecule has 7 heteroatoms. The fourth-order valence-electron chi connectivity index (χ4n) is 3.83. The van der Waals surface area contributed by atoms with Crippen molar-refractivity contribution in [2.45, 2.75) is 41.5 Å². The summed E-state index contributed by atoms with van der Waals surface area (Å²) in [6.45, 7) is 12.4. The molecule has 0 aliphatic carbocycles. The lowest BCUT2D eigenvalue weighted by molar-refractivity contribution is -0.114. The minimum absolute atomic E-state index is 0.0741. The maximum atomic E-state index is 12.7. The molecule has 2 aliphatic heterocycles. The van der Waals surface area contributed by atoms with E-state index in [9.17, 15) is 4.79 Å². The Kier molecular flexibility index (Phi) is 5.02. The fraction of sp³-hybridized carbons (Fsp3) is 0.304. The van der Waals surface area contributed by atoms with Crippen molar-refractivity contribution < 1.29 is 4.79 Å². The summed E-state index contributed by atoms with van der Waals surface area (Å²) in [4.78, 5) is 16.9. The molecule has 30 heavy (non-hydrogen) atoms. The number of rotatable bonds is 3. The number of nitrogens with zero attached hydrogens (tertiary/aromatic N) is 4. The summed E-state index contributed by atoms with van der Waals surface area (Å²) in [7, 11) is 0. The third kappa shape index (κ3) is 3.23. The Balaban J connectivity index is 1.78. The smallest absolute Gasteiger partial charge is 0.283 e. The summed E-state index contributed by atoms with van der Waals surface area (Å²) < 4.78 is 2.21.